The molecule has 13 heteroatoms. The molecule has 0 aromatic heterocycles. The highest BCUT2D eigenvalue weighted by Gasteiger charge is 2.45. The predicted octanol–water partition coefficient (Wildman–Crippen LogP) is 3.01. The molecule has 1 unspecified atom stereocenters. The molecule has 42 heavy (non-hydrogen) atoms. The number of aromatic carboxylic acids is 1. The Kier molecular flexibility index (Phi) is 11.3. The quantitative estimate of drug-likeness (QED) is 0.140. The summed E-state index contributed by atoms with van der Waals surface area (Å²) in [5.41, 5.74) is -2.43. The molecule has 224 valence electrons. The Hall–Kier alpha value is -5.20. The summed E-state index contributed by atoms with van der Waals surface area (Å²) in [6.45, 7) is 9.87. The summed E-state index contributed by atoms with van der Waals surface area (Å²) in [5, 5.41) is 19.3. The van der Waals surface area contributed by atoms with E-state index in [2.05, 4.69) is 13.2 Å². The number of carbonyl (C=O) groups is 6. The van der Waals surface area contributed by atoms with Crippen molar-refractivity contribution in [2.45, 2.75) is 27.2 Å². The molecule has 0 amide bonds. The molecule has 1 aliphatic rings. The molecule has 0 spiro atoms. The second kappa shape index (κ2) is 14.4. The molecule has 0 aliphatic heterocycles. The predicted molar refractivity (Wildman–Crippen MR) is 143 cm³/mol. The summed E-state index contributed by atoms with van der Waals surface area (Å²) < 4.78 is 25.6. The highest BCUT2D eigenvalue weighted by Crippen LogP contribution is 2.40. The van der Waals surface area contributed by atoms with Gasteiger partial charge in [-0.1, -0.05) is 13.2 Å². The lowest BCUT2D eigenvalue weighted by atomic mass is 9.75. The fourth-order valence-electron chi connectivity index (χ4n) is 3.54. The summed E-state index contributed by atoms with van der Waals surface area (Å²) in [7, 11) is 0. The van der Waals surface area contributed by atoms with Gasteiger partial charge in [0.2, 0.25) is 0 Å². The van der Waals surface area contributed by atoms with E-state index >= 15 is 0 Å². The molecule has 1 atom stereocenters. The molecule has 1 aromatic rings. The van der Waals surface area contributed by atoms with Gasteiger partial charge < -0.3 is 33.9 Å². The minimum absolute atomic E-state index is 0.0276. The van der Waals surface area contributed by atoms with Gasteiger partial charge in [-0.25, -0.2) is 24.0 Å². The lowest BCUT2D eigenvalue weighted by Gasteiger charge is -2.31. The number of esters is 4. The van der Waals surface area contributed by atoms with Crippen LogP contribution in [-0.4, -0.2) is 72.5 Å². The van der Waals surface area contributed by atoms with Crippen molar-refractivity contribution in [3.05, 3.63) is 77.1 Å². The zero-order valence-electron chi connectivity index (χ0n) is 23.2. The topological polar surface area (TPSA) is 189 Å². The monoisotopic (exact) mass is 586 g/mol. The fraction of sp³-hybridized carbons (Fsp3) is 0.310. The maximum absolute atomic E-state index is 12.9. The van der Waals surface area contributed by atoms with Gasteiger partial charge in [0.1, 0.15) is 43.4 Å². The van der Waals surface area contributed by atoms with Gasteiger partial charge in [-0.15, -0.1) is 0 Å². The van der Waals surface area contributed by atoms with Crippen molar-refractivity contribution in [1.82, 2.24) is 0 Å². The standard InChI is InChI=1S/C29H30O13/c1-16(2)25(34)38-10-11-40-27(36)20-8-6-18(14-21(20)23(30)31)42-19-7-9-22(24(32)33)29(5,15-19)28(37)41-13-12-39-26(35)17(3)4/h6-9,14H,1,3,10-13,15H2,2,4-5H3,(H,30,31)(H,32,33). The number of hydrogen-bond donors (Lipinski definition) is 2. The first-order valence-corrected chi connectivity index (χ1v) is 12.4. The Morgan fingerprint density at radius 1 is 0.786 bits per heavy atom. The Bertz CT molecular complexity index is 1380. The molecule has 2 N–H and O–H groups in total. The van der Waals surface area contributed by atoms with Crippen LogP contribution in [0.3, 0.4) is 0 Å². The maximum Gasteiger partial charge on any atom is 0.339 e. The van der Waals surface area contributed by atoms with E-state index in [1.165, 1.54) is 32.9 Å². The van der Waals surface area contributed by atoms with E-state index in [-0.39, 0.29) is 66.6 Å². The van der Waals surface area contributed by atoms with Gasteiger partial charge in [-0.05, 0) is 51.1 Å². The van der Waals surface area contributed by atoms with Crippen LogP contribution in [0.1, 0.15) is 47.9 Å². The van der Waals surface area contributed by atoms with Crippen LogP contribution in [0.5, 0.6) is 5.75 Å². The number of rotatable bonds is 14. The van der Waals surface area contributed by atoms with E-state index in [1.807, 2.05) is 0 Å². The summed E-state index contributed by atoms with van der Waals surface area (Å²) in [4.78, 5) is 71.9. The SMILES string of the molecule is C=C(C)C(=O)OCCOC(=O)c1ccc(OC2=CC=C(C(=O)O)C(C)(C(=O)OCCOC(=O)C(=C)C)C2)cc1C(=O)O. The Morgan fingerprint density at radius 3 is 1.86 bits per heavy atom. The molecule has 0 saturated carbocycles. The van der Waals surface area contributed by atoms with E-state index in [9.17, 15) is 39.0 Å². The van der Waals surface area contributed by atoms with E-state index in [0.29, 0.717) is 0 Å². The molecule has 0 fully saturated rings. The minimum Gasteiger partial charge on any atom is -0.478 e. The largest absolute Gasteiger partial charge is 0.478 e. The molecular weight excluding hydrogens is 556 g/mol. The molecule has 13 nitrogen and oxygen atoms in total. The van der Waals surface area contributed by atoms with Crippen molar-refractivity contribution in [3.8, 4) is 5.75 Å². The van der Waals surface area contributed by atoms with Crippen LogP contribution in [0.25, 0.3) is 0 Å². The number of carboxylic acids is 2. The van der Waals surface area contributed by atoms with Gasteiger partial charge in [0.25, 0.3) is 0 Å². The van der Waals surface area contributed by atoms with Crippen molar-refractivity contribution in [1.29, 1.82) is 0 Å². The van der Waals surface area contributed by atoms with E-state index < -0.39 is 46.8 Å². The van der Waals surface area contributed by atoms with Gasteiger partial charge >= 0.3 is 35.8 Å². The number of hydrogen-bond acceptors (Lipinski definition) is 11. The molecular formula is C29H30O13. The van der Waals surface area contributed by atoms with Gasteiger partial charge in [-0.2, -0.15) is 0 Å². The van der Waals surface area contributed by atoms with Crippen LogP contribution < -0.4 is 4.74 Å². The van der Waals surface area contributed by atoms with E-state index in [0.717, 1.165) is 18.2 Å². The van der Waals surface area contributed by atoms with Crippen molar-refractivity contribution in [3.63, 3.8) is 0 Å². The van der Waals surface area contributed by atoms with Crippen LogP contribution in [0, 0.1) is 5.41 Å². The fourth-order valence-corrected chi connectivity index (χ4v) is 3.54. The minimum atomic E-state index is -1.71. The van der Waals surface area contributed by atoms with Crippen LogP contribution in [0.4, 0.5) is 0 Å². The first kappa shape index (κ1) is 33.0. The first-order valence-electron chi connectivity index (χ1n) is 12.4. The number of allylic oxidation sites excluding steroid dienone is 3. The molecule has 0 heterocycles. The number of benzene rings is 1. The smallest absolute Gasteiger partial charge is 0.339 e. The third kappa shape index (κ3) is 8.65. The van der Waals surface area contributed by atoms with E-state index in [4.69, 9.17) is 23.7 Å². The molecule has 0 bridgehead atoms. The summed E-state index contributed by atoms with van der Waals surface area (Å²) in [6.07, 6.45) is 2.20. The number of ether oxygens (including phenoxy) is 5. The third-order valence-corrected chi connectivity index (χ3v) is 5.73. The average Bonchev–Trinajstić information content (AvgIpc) is 2.92. The van der Waals surface area contributed by atoms with Crippen molar-refractivity contribution >= 4 is 35.8 Å². The summed E-state index contributed by atoms with van der Waals surface area (Å²) in [5.74, 6) is -6.02. The zero-order chi connectivity index (χ0) is 31.6. The van der Waals surface area contributed by atoms with Gasteiger partial charge in [0.05, 0.1) is 16.7 Å². The van der Waals surface area contributed by atoms with Crippen LogP contribution in [0.15, 0.2) is 66.0 Å². The van der Waals surface area contributed by atoms with Crippen LogP contribution in [-0.2, 0) is 38.1 Å². The molecule has 0 radical (unpaired) electrons. The first-order chi connectivity index (χ1) is 19.7. The van der Waals surface area contributed by atoms with E-state index in [1.54, 1.807) is 0 Å². The van der Waals surface area contributed by atoms with Crippen molar-refractivity contribution in [2.24, 2.45) is 5.41 Å². The average molecular weight is 587 g/mol. The summed E-state index contributed by atoms with van der Waals surface area (Å²) in [6, 6.07) is 3.50. The molecule has 2 rings (SSSR count). The maximum atomic E-state index is 12.9. The highest BCUT2D eigenvalue weighted by atomic mass is 16.6. The number of carboxylic acid groups (broad SMARTS) is 2. The van der Waals surface area contributed by atoms with Gasteiger partial charge in [0.15, 0.2) is 0 Å². The lowest BCUT2D eigenvalue weighted by Crippen LogP contribution is -2.38. The Balaban J connectivity index is 2.15. The van der Waals surface area contributed by atoms with Crippen molar-refractivity contribution in [2.75, 3.05) is 26.4 Å². The third-order valence-electron chi connectivity index (χ3n) is 5.73. The normalized spacial score (nSPS) is 15.7. The second-order valence-corrected chi connectivity index (χ2v) is 9.25. The van der Waals surface area contributed by atoms with Crippen molar-refractivity contribution < 1.29 is 62.7 Å². The Morgan fingerprint density at radius 2 is 1.33 bits per heavy atom. The second-order valence-electron chi connectivity index (χ2n) is 9.25. The summed E-state index contributed by atoms with van der Waals surface area (Å²) >= 11 is 0. The highest BCUT2D eigenvalue weighted by molar-refractivity contribution is 6.03. The molecule has 1 aliphatic carbocycles. The zero-order valence-corrected chi connectivity index (χ0v) is 23.2. The molecule has 0 saturated heterocycles. The lowest BCUT2D eigenvalue weighted by molar-refractivity contribution is -0.158. The number of aliphatic carboxylic acids is 1. The van der Waals surface area contributed by atoms with Gasteiger partial charge in [-0.3, -0.25) is 4.79 Å². The van der Waals surface area contributed by atoms with Crippen LogP contribution >= 0.6 is 0 Å². The number of carbonyl (C=O) groups excluding carboxylic acids is 4. The molecule has 1 aromatic carbocycles. The van der Waals surface area contributed by atoms with Crippen LogP contribution in [0.2, 0.25) is 0 Å². The Labute approximate surface area is 240 Å². The van der Waals surface area contributed by atoms with Gasteiger partial charge in [0, 0.05) is 17.6 Å².